The highest BCUT2D eigenvalue weighted by Crippen LogP contribution is 2.39. The van der Waals surface area contributed by atoms with Crippen LogP contribution >= 0.6 is 11.8 Å². The van der Waals surface area contributed by atoms with E-state index in [1.54, 1.807) is 11.0 Å². The Morgan fingerprint density at radius 3 is 2.52 bits per heavy atom. The fourth-order valence-corrected chi connectivity index (χ4v) is 3.89. The minimum atomic E-state index is -0.216. The van der Waals surface area contributed by atoms with E-state index < -0.39 is 0 Å². The Balaban J connectivity index is 1.39. The Labute approximate surface area is 173 Å². The Morgan fingerprint density at radius 1 is 1.00 bits per heavy atom. The van der Waals surface area contributed by atoms with Gasteiger partial charge in [-0.25, -0.2) is 0 Å². The van der Waals surface area contributed by atoms with Crippen molar-refractivity contribution in [2.45, 2.75) is 17.7 Å². The molecule has 0 aromatic heterocycles. The van der Waals surface area contributed by atoms with Crippen LogP contribution in [-0.4, -0.2) is 44.4 Å². The molecule has 2 amide bonds. The summed E-state index contributed by atoms with van der Waals surface area (Å²) in [5.74, 6) is 1.68. The van der Waals surface area contributed by atoms with Crippen molar-refractivity contribution in [3.63, 3.8) is 0 Å². The van der Waals surface area contributed by atoms with Gasteiger partial charge in [0, 0.05) is 23.8 Å². The molecule has 0 unspecified atom stereocenters. The summed E-state index contributed by atoms with van der Waals surface area (Å²) in [6.45, 7) is 1.92. The number of rotatable bonds is 5. The molecular weight excluding hydrogens is 392 g/mol. The number of thioether (sulfide) groups is 1. The smallest absolute Gasteiger partial charge is 0.227 e. The van der Waals surface area contributed by atoms with Gasteiger partial charge in [-0.1, -0.05) is 12.1 Å². The van der Waals surface area contributed by atoms with Crippen LogP contribution in [0.1, 0.15) is 12.8 Å². The summed E-state index contributed by atoms with van der Waals surface area (Å²) in [5, 5.41) is 2.90. The second-order valence-corrected chi connectivity index (χ2v) is 7.45. The molecule has 29 heavy (non-hydrogen) atoms. The number of anilines is 2. The third kappa shape index (κ3) is 4.27. The number of nitrogens with zero attached hydrogens (tertiary/aromatic N) is 1. The molecule has 2 heterocycles. The van der Waals surface area contributed by atoms with E-state index >= 15 is 0 Å². The zero-order valence-corrected chi connectivity index (χ0v) is 16.9. The predicted molar refractivity (Wildman–Crippen MR) is 111 cm³/mol. The fourth-order valence-electron chi connectivity index (χ4n) is 3.33. The molecule has 0 saturated carbocycles. The molecule has 2 aliphatic heterocycles. The van der Waals surface area contributed by atoms with E-state index in [0.717, 1.165) is 10.6 Å². The number of carbonyl (C=O) groups is 2. The number of carbonyl (C=O) groups excluding carboxylic acids is 2. The summed E-state index contributed by atoms with van der Waals surface area (Å²) in [6.07, 6.45) is 2.15. The lowest BCUT2D eigenvalue weighted by Crippen LogP contribution is -2.38. The topological polar surface area (TPSA) is 77.1 Å². The number of hydrogen-bond donors (Lipinski definition) is 1. The normalized spacial score (nSPS) is 14.6. The third-order valence-corrected chi connectivity index (χ3v) is 5.51. The lowest BCUT2D eigenvalue weighted by Gasteiger charge is -2.29. The first-order valence-corrected chi connectivity index (χ1v) is 10.7. The number of ether oxygens (including phenoxy) is 3. The second-order valence-electron chi connectivity index (χ2n) is 6.61. The van der Waals surface area contributed by atoms with E-state index in [2.05, 4.69) is 5.32 Å². The van der Waals surface area contributed by atoms with Crippen molar-refractivity contribution in [2.24, 2.45) is 0 Å². The maximum absolute atomic E-state index is 12.7. The number of amides is 2. The van der Waals surface area contributed by atoms with Gasteiger partial charge in [-0.05, 0) is 24.5 Å². The SMILES string of the molecule is CSc1cc2c(cc1NC(=O)CCC(=O)N1CCOc3ccccc31)OCCO2. The van der Waals surface area contributed by atoms with E-state index in [4.69, 9.17) is 14.2 Å². The standard InChI is InChI=1S/C21H22N2O5S/c1-29-19-13-18-17(27-10-11-28-18)12-14(19)22-20(24)6-7-21(25)23-8-9-26-16-5-3-2-4-15(16)23/h2-5,12-13H,6-11H2,1H3,(H,22,24). The molecule has 2 aliphatic rings. The first-order valence-electron chi connectivity index (χ1n) is 9.45. The summed E-state index contributed by atoms with van der Waals surface area (Å²) in [7, 11) is 0. The molecule has 0 spiro atoms. The van der Waals surface area contributed by atoms with Gasteiger partial charge in [0.1, 0.15) is 25.6 Å². The largest absolute Gasteiger partial charge is 0.490 e. The minimum absolute atomic E-state index is 0.0943. The van der Waals surface area contributed by atoms with Gasteiger partial charge in [-0.3, -0.25) is 9.59 Å². The number of hydrogen-bond acceptors (Lipinski definition) is 6. The molecule has 2 aromatic carbocycles. The van der Waals surface area contributed by atoms with Gasteiger partial charge < -0.3 is 24.4 Å². The lowest BCUT2D eigenvalue weighted by atomic mass is 10.2. The van der Waals surface area contributed by atoms with E-state index in [-0.39, 0.29) is 24.7 Å². The number of nitrogens with one attached hydrogen (secondary N) is 1. The highest BCUT2D eigenvalue weighted by atomic mass is 32.2. The van der Waals surface area contributed by atoms with Crippen molar-refractivity contribution < 1.29 is 23.8 Å². The Kier molecular flexibility index (Phi) is 5.80. The first-order chi connectivity index (χ1) is 14.2. The van der Waals surface area contributed by atoms with Crippen LogP contribution in [0.4, 0.5) is 11.4 Å². The highest BCUT2D eigenvalue weighted by molar-refractivity contribution is 7.98. The molecule has 0 atom stereocenters. The quantitative estimate of drug-likeness (QED) is 0.757. The van der Waals surface area contributed by atoms with Crippen LogP contribution in [0, 0.1) is 0 Å². The first kappa shape index (κ1) is 19.4. The Morgan fingerprint density at radius 2 is 1.72 bits per heavy atom. The van der Waals surface area contributed by atoms with Gasteiger partial charge in [0.15, 0.2) is 11.5 Å². The van der Waals surface area contributed by atoms with E-state index in [1.165, 1.54) is 11.8 Å². The molecular formula is C21H22N2O5S. The molecule has 0 bridgehead atoms. The lowest BCUT2D eigenvalue weighted by molar-refractivity contribution is -0.122. The van der Waals surface area contributed by atoms with Crippen molar-refractivity contribution >= 4 is 35.0 Å². The molecule has 152 valence electrons. The number of benzene rings is 2. The summed E-state index contributed by atoms with van der Waals surface area (Å²) in [5.41, 5.74) is 1.41. The summed E-state index contributed by atoms with van der Waals surface area (Å²) < 4.78 is 16.8. The molecule has 4 rings (SSSR count). The van der Waals surface area contributed by atoms with Gasteiger partial charge in [0.2, 0.25) is 11.8 Å². The molecule has 0 saturated heterocycles. The zero-order chi connectivity index (χ0) is 20.2. The average Bonchev–Trinajstić information content (AvgIpc) is 2.76. The van der Waals surface area contributed by atoms with Crippen LogP contribution in [-0.2, 0) is 9.59 Å². The summed E-state index contributed by atoms with van der Waals surface area (Å²) in [6, 6.07) is 11.1. The number of fused-ring (bicyclic) bond motifs is 2. The van der Waals surface area contributed by atoms with Gasteiger partial charge in [-0.15, -0.1) is 11.8 Å². The molecule has 0 aliphatic carbocycles. The third-order valence-electron chi connectivity index (χ3n) is 4.73. The average molecular weight is 414 g/mol. The molecule has 1 N–H and O–H groups in total. The molecule has 8 heteroatoms. The summed E-state index contributed by atoms with van der Waals surface area (Å²) >= 11 is 1.51. The van der Waals surface area contributed by atoms with E-state index in [9.17, 15) is 9.59 Å². The predicted octanol–water partition coefficient (Wildman–Crippen LogP) is 3.32. The van der Waals surface area contributed by atoms with E-state index in [1.807, 2.05) is 36.6 Å². The van der Waals surface area contributed by atoms with Crippen molar-refractivity contribution in [1.82, 2.24) is 0 Å². The second kappa shape index (κ2) is 8.65. The van der Waals surface area contributed by atoms with E-state index in [0.29, 0.717) is 49.3 Å². The zero-order valence-electron chi connectivity index (χ0n) is 16.1. The van der Waals surface area contributed by atoms with Crippen molar-refractivity contribution in [2.75, 3.05) is 42.8 Å². The molecule has 2 aromatic rings. The van der Waals surface area contributed by atoms with Crippen LogP contribution < -0.4 is 24.4 Å². The minimum Gasteiger partial charge on any atom is -0.490 e. The fraction of sp³-hybridized carbons (Fsp3) is 0.333. The van der Waals surface area contributed by atoms with Crippen LogP contribution in [0.3, 0.4) is 0 Å². The Bertz CT molecular complexity index is 933. The van der Waals surface area contributed by atoms with Gasteiger partial charge in [0.25, 0.3) is 0 Å². The van der Waals surface area contributed by atoms with Crippen LogP contribution in [0.5, 0.6) is 17.2 Å². The van der Waals surface area contributed by atoms with Crippen LogP contribution in [0.25, 0.3) is 0 Å². The maximum atomic E-state index is 12.7. The monoisotopic (exact) mass is 414 g/mol. The van der Waals surface area contributed by atoms with Gasteiger partial charge in [0.05, 0.1) is 17.9 Å². The van der Waals surface area contributed by atoms with Crippen molar-refractivity contribution in [3.8, 4) is 17.2 Å². The van der Waals surface area contributed by atoms with Crippen LogP contribution in [0.15, 0.2) is 41.3 Å². The van der Waals surface area contributed by atoms with Crippen LogP contribution in [0.2, 0.25) is 0 Å². The Hall–Kier alpha value is -2.87. The molecule has 0 radical (unpaired) electrons. The van der Waals surface area contributed by atoms with Crippen molar-refractivity contribution in [1.29, 1.82) is 0 Å². The van der Waals surface area contributed by atoms with Gasteiger partial charge in [-0.2, -0.15) is 0 Å². The maximum Gasteiger partial charge on any atom is 0.227 e. The molecule has 7 nitrogen and oxygen atoms in total. The highest BCUT2D eigenvalue weighted by Gasteiger charge is 2.24. The van der Waals surface area contributed by atoms with Crippen molar-refractivity contribution in [3.05, 3.63) is 36.4 Å². The van der Waals surface area contributed by atoms with Gasteiger partial charge >= 0.3 is 0 Å². The molecule has 0 fully saturated rings. The summed E-state index contributed by atoms with van der Waals surface area (Å²) in [4.78, 5) is 27.7. The number of para-hydroxylation sites is 2.